The second-order valence-electron chi connectivity index (χ2n) is 11.0. The molecule has 1 atom stereocenters. The van der Waals surface area contributed by atoms with E-state index in [4.69, 9.17) is 22.3 Å². The molecule has 0 bridgehead atoms. The molecule has 2 N–H and O–H groups in total. The van der Waals surface area contributed by atoms with Gasteiger partial charge in [0.15, 0.2) is 0 Å². The van der Waals surface area contributed by atoms with Crippen LogP contribution >= 0.6 is 23.4 Å². The topological polar surface area (TPSA) is 89.9 Å². The van der Waals surface area contributed by atoms with Crippen molar-refractivity contribution < 1.29 is 0 Å². The number of aromatic nitrogens is 4. The van der Waals surface area contributed by atoms with Crippen molar-refractivity contribution in [1.82, 2.24) is 19.5 Å². The molecule has 5 aromatic rings. The summed E-state index contributed by atoms with van der Waals surface area (Å²) in [6.07, 6.45) is 8.30. The number of fused-ring (bicyclic) bond motifs is 2. The smallest absolute Gasteiger partial charge is 0.263 e. The van der Waals surface area contributed by atoms with Crippen LogP contribution in [0.1, 0.15) is 35.6 Å². The summed E-state index contributed by atoms with van der Waals surface area (Å²) in [7, 11) is 0. The number of hydrogen-bond acceptors (Lipinski definition) is 7. The second-order valence-corrected chi connectivity index (χ2v) is 12.4. The molecule has 3 heterocycles. The number of hydrogen-bond donors (Lipinski definition) is 1. The highest BCUT2D eigenvalue weighted by Gasteiger charge is 2.45. The van der Waals surface area contributed by atoms with Crippen LogP contribution in [0.2, 0.25) is 5.02 Å². The highest BCUT2D eigenvalue weighted by molar-refractivity contribution is 7.99. The van der Waals surface area contributed by atoms with Gasteiger partial charge in [-0.25, -0.2) is 15.0 Å². The molecular formula is C32H29ClN6OS. The predicted molar refractivity (Wildman–Crippen MR) is 164 cm³/mol. The summed E-state index contributed by atoms with van der Waals surface area (Å²) in [5.41, 5.74) is 11.0. The first-order chi connectivity index (χ1) is 20.0. The van der Waals surface area contributed by atoms with Crippen molar-refractivity contribution in [3.05, 3.63) is 118 Å². The fourth-order valence-corrected chi connectivity index (χ4v) is 7.40. The van der Waals surface area contributed by atoms with Crippen LogP contribution in [0, 0.1) is 5.41 Å². The Morgan fingerprint density at radius 1 is 0.951 bits per heavy atom. The molecule has 0 amide bonds. The molecule has 7 rings (SSSR count). The van der Waals surface area contributed by atoms with Gasteiger partial charge in [0.2, 0.25) is 0 Å². The van der Waals surface area contributed by atoms with Gasteiger partial charge in [-0.3, -0.25) is 9.36 Å². The van der Waals surface area contributed by atoms with Crippen molar-refractivity contribution in [2.24, 2.45) is 11.1 Å². The second kappa shape index (κ2) is 10.6. The number of rotatable bonds is 5. The quantitative estimate of drug-likeness (QED) is 0.277. The van der Waals surface area contributed by atoms with Crippen LogP contribution in [-0.2, 0) is 13.0 Å². The average Bonchev–Trinajstić information content (AvgIpc) is 3.28. The zero-order chi connectivity index (χ0) is 28.0. The third kappa shape index (κ3) is 4.80. The molecule has 1 spiro atoms. The van der Waals surface area contributed by atoms with Crippen LogP contribution in [0.5, 0.6) is 0 Å². The largest absolute Gasteiger partial charge is 0.355 e. The summed E-state index contributed by atoms with van der Waals surface area (Å²) >= 11 is 8.18. The van der Waals surface area contributed by atoms with Crippen molar-refractivity contribution in [2.45, 2.75) is 41.8 Å². The maximum atomic E-state index is 13.3. The number of nitrogens with zero attached hydrogens (tertiary/aromatic N) is 5. The van der Waals surface area contributed by atoms with E-state index in [2.05, 4.69) is 39.1 Å². The van der Waals surface area contributed by atoms with Crippen molar-refractivity contribution in [1.29, 1.82) is 0 Å². The molecule has 1 saturated heterocycles. The number of anilines is 1. The SMILES string of the molecule is N[C@H]1c2ccccc2CC12CCN(c1cnc(Sc3ccc4ncn(Cc5ccccc5)c(=O)c4c3Cl)cn1)CC2. The minimum absolute atomic E-state index is 0.0927. The molecule has 1 fully saturated rings. The molecular weight excluding hydrogens is 552 g/mol. The highest BCUT2D eigenvalue weighted by atomic mass is 35.5. The maximum absolute atomic E-state index is 13.3. The molecule has 7 nitrogen and oxygen atoms in total. The summed E-state index contributed by atoms with van der Waals surface area (Å²) < 4.78 is 1.59. The summed E-state index contributed by atoms with van der Waals surface area (Å²) in [6, 6.07) is 22.2. The van der Waals surface area contributed by atoms with E-state index in [9.17, 15) is 4.79 Å². The molecule has 0 radical (unpaired) electrons. The Bertz CT molecular complexity index is 1780. The van der Waals surface area contributed by atoms with E-state index >= 15 is 0 Å². The predicted octanol–water partition coefficient (Wildman–Crippen LogP) is 5.88. The van der Waals surface area contributed by atoms with Gasteiger partial charge in [0.1, 0.15) is 10.8 Å². The van der Waals surface area contributed by atoms with Crippen LogP contribution in [0.25, 0.3) is 10.9 Å². The first kappa shape index (κ1) is 26.2. The lowest BCUT2D eigenvalue weighted by molar-refractivity contribution is 0.187. The third-order valence-electron chi connectivity index (χ3n) is 8.60. The fourth-order valence-electron chi connectivity index (χ4n) is 6.28. The first-order valence-electron chi connectivity index (χ1n) is 13.8. The number of nitrogens with two attached hydrogens (primary N) is 1. The van der Waals surface area contributed by atoms with Crippen LogP contribution < -0.4 is 16.2 Å². The molecule has 3 aromatic carbocycles. The molecule has 206 valence electrons. The summed E-state index contributed by atoms with van der Waals surface area (Å²) in [4.78, 5) is 30.3. The van der Waals surface area contributed by atoms with Crippen molar-refractivity contribution in [3.8, 4) is 0 Å². The Hall–Kier alpha value is -3.72. The van der Waals surface area contributed by atoms with Crippen LogP contribution in [0.4, 0.5) is 5.82 Å². The van der Waals surface area contributed by atoms with E-state index in [1.54, 1.807) is 17.1 Å². The first-order valence-corrected chi connectivity index (χ1v) is 15.0. The minimum Gasteiger partial charge on any atom is -0.355 e. The van der Waals surface area contributed by atoms with E-state index in [0.29, 0.717) is 27.5 Å². The lowest BCUT2D eigenvalue weighted by Gasteiger charge is -2.42. The van der Waals surface area contributed by atoms with E-state index < -0.39 is 0 Å². The standard InChI is InChI=1S/C32H29ClN6OS/c33-29-25(11-10-24-28(29)31(40)39(20-37-24)19-21-6-2-1-3-7-21)41-27-18-35-26(17-36-27)38-14-12-32(13-15-38)16-22-8-4-5-9-23(22)30(32)34/h1-11,17-18,20,30H,12-16,19,34H2/t30-/m0/s1. The Labute approximate surface area is 247 Å². The molecule has 2 aliphatic rings. The van der Waals surface area contributed by atoms with Gasteiger partial charge >= 0.3 is 0 Å². The van der Waals surface area contributed by atoms with Crippen molar-refractivity contribution in [2.75, 3.05) is 18.0 Å². The maximum Gasteiger partial charge on any atom is 0.263 e. The molecule has 41 heavy (non-hydrogen) atoms. The molecule has 1 aliphatic heterocycles. The van der Waals surface area contributed by atoms with Crippen LogP contribution in [0.3, 0.4) is 0 Å². The monoisotopic (exact) mass is 580 g/mol. The Morgan fingerprint density at radius 2 is 1.73 bits per heavy atom. The lowest BCUT2D eigenvalue weighted by atomic mass is 9.73. The van der Waals surface area contributed by atoms with Gasteiger partial charge in [-0.1, -0.05) is 78.0 Å². The van der Waals surface area contributed by atoms with Gasteiger partial charge in [-0.05, 0) is 53.5 Å². The average molecular weight is 581 g/mol. The number of piperidine rings is 1. The Balaban J connectivity index is 1.06. The molecule has 9 heteroatoms. The van der Waals surface area contributed by atoms with Gasteiger partial charge in [-0.2, -0.15) is 0 Å². The normalized spacial score (nSPS) is 17.7. The van der Waals surface area contributed by atoms with Gasteiger partial charge < -0.3 is 10.6 Å². The highest BCUT2D eigenvalue weighted by Crippen LogP contribution is 2.50. The van der Waals surface area contributed by atoms with Gasteiger partial charge in [-0.15, -0.1) is 0 Å². The summed E-state index contributed by atoms with van der Waals surface area (Å²) in [5, 5.41) is 1.51. The molecule has 0 saturated carbocycles. The Kier molecular flexibility index (Phi) is 6.77. The van der Waals surface area contributed by atoms with E-state index in [0.717, 1.165) is 48.6 Å². The van der Waals surface area contributed by atoms with E-state index in [1.165, 1.54) is 22.9 Å². The van der Waals surface area contributed by atoms with Gasteiger partial charge in [0.05, 0.1) is 41.2 Å². The van der Waals surface area contributed by atoms with Gasteiger partial charge in [0, 0.05) is 24.0 Å². The minimum atomic E-state index is -0.166. The van der Waals surface area contributed by atoms with Gasteiger partial charge in [0.25, 0.3) is 5.56 Å². The summed E-state index contributed by atoms with van der Waals surface area (Å²) in [6.45, 7) is 2.24. The zero-order valence-corrected chi connectivity index (χ0v) is 24.0. The van der Waals surface area contributed by atoms with Crippen molar-refractivity contribution in [3.63, 3.8) is 0 Å². The van der Waals surface area contributed by atoms with Crippen molar-refractivity contribution >= 4 is 40.1 Å². The van der Waals surface area contributed by atoms with Crippen LogP contribution in [0.15, 0.2) is 100 Å². The zero-order valence-electron chi connectivity index (χ0n) is 22.4. The lowest BCUT2D eigenvalue weighted by Crippen LogP contribution is -2.44. The third-order valence-corrected chi connectivity index (χ3v) is 10.1. The summed E-state index contributed by atoms with van der Waals surface area (Å²) in [5.74, 6) is 0.867. The van der Waals surface area contributed by atoms with E-state index in [1.807, 2.05) is 48.7 Å². The molecule has 1 aliphatic carbocycles. The fraction of sp³-hybridized carbons (Fsp3) is 0.250. The number of halogens is 1. The Morgan fingerprint density at radius 3 is 2.49 bits per heavy atom. The number of benzene rings is 3. The molecule has 0 unspecified atom stereocenters. The van der Waals surface area contributed by atoms with E-state index in [-0.39, 0.29) is 17.0 Å². The van der Waals surface area contributed by atoms with Crippen LogP contribution in [-0.4, -0.2) is 32.6 Å². The molecule has 2 aromatic heterocycles.